The van der Waals surface area contributed by atoms with Crippen LogP contribution in [0.15, 0.2) is 30.3 Å². The Bertz CT molecular complexity index is 760. The molecule has 1 aliphatic rings. The molecule has 0 spiro atoms. The molecule has 0 radical (unpaired) electrons. The molecule has 0 aliphatic carbocycles. The van der Waals surface area contributed by atoms with E-state index in [9.17, 15) is 19.0 Å². The summed E-state index contributed by atoms with van der Waals surface area (Å²) in [5, 5.41) is 0. The number of terminal acetylenes is 1. The zero-order valence-corrected chi connectivity index (χ0v) is 16.8. The number of hydrogen-bond donors (Lipinski definition) is 1. The molecule has 1 saturated heterocycles. The monoisotopic (exact) mass is 407 g/mol. The summed E-state index contributed by atoms with van der Waals surface area (Å²) in [5.41, 5.74) is 0.829. The van der Waals surface area contributed by atoms with E-state index in [-0.39, 0.29) is 25.8 Å². The molecule has 28 heavy (non-hydrogen) atoms. The number of ether oxygens (including phenoxy) is 2. The summed E-state index contributed by atoms with van der Waals surface area (Å²) in [6, 6.07) is 9.19. The van der Waals surface area contributed by atoms with Gasteiger partial charge in [0.2, 0.25) is 7.37 Å². The second kappa shape index (κ2) is 10.3. The quantitative estimate of drug-likeness (QED) is 0.404. The summed E-state index contributed by atoms with van der Waals surface area (Å²) in [6.45, 7) is 2.24. The van der Waals surface area contributed by atoms with Crippen molar-refractivity contribution in [3.63, 3.8) is 0 Å². The van der Waals surface area contributed by atoms with E-state index in [0.717, 1.165) is 5.56 Å². The number of carbonyl (C=O) groups is 2. The third kappa shape index (κ3) is 5.85. The van der Waals surface area contributed by atoms with Crippen LogP contribution in [0.4, 0.5) is 4.79 Å². The first kappa shape index (κ1) is 22.0. The van der Waals surface area contributed by atoms with Crippen LogP contribution in [-0.4, -0.2) is 47.0 Å². The summed E-state index contributed by atoms with van der Waals surface area (Å²) >= 11 is 0. The second-order valence-corrected chi connectivity index (χ2v) is 9.12. The molecule has 152 valence electrons. The molecule has 1 unspecified atom stereocenters. The minimum absolute atomic E-state index is 0.00849. The Kier molecular flexibility index (Phi) is 8.10. The van der Waals surface area contributed by atoms with E-state index in [1.807, 2.05) is 30.3 Å². The minimum atomic E-state index is -3.88. The second-order valence-electron chi connectivity index (χ2n) is 6.65. The summed E-state index contributed by atoms with van der Waals surface area (Å²) in [7, 11) is -3.88. The first-order valence-corrected chi connectivity index (χ1v) is 11.2. The maximum Gasteiger partial charge on any atom is 0.410 e. The van der Waals surface area contributed by atoms with Gasteiger partial charge in [0, 0.05) is 19.1 Å². The summed E-state index contributed by atoms with van der Waals surface area (Å²) in [5.74, 6) is 0.00719. The van der Waals surface area contributed by atoms with E-state index in [0.29, 0.717) is 19.4 Å². The van der Waals surface area contributed by atoms with Gasteiger partial charge in [-0.15, -0.1) is 12.3 Å². The van der Waals surface area contributed by atoms with Gasteiger partial charge in [0.15, 0.2) is 0 Å². The lowest BCUT2D eigenvalue weighted by Crippen LogP contribution is -2.37. The number of carbonyl (C=O) groups excluding carboxylic acids is 2. The molecule has 1 heterocycles. The van der Waals surface area contributed by atoms with Gasteiger partial charge in [-0.25, -0.2) is 4.79 Å². The molecular weight excluding hydrogens is 381 g/mol. The van der Waals surface area contributed by atoms with Crippen LogP contribution in [0, 0.1) is 18.3 Å². The van der Waals surface area contributed by atoms with E-state index in [1.54, 1.807) is 6.92 Å². The largest absolute Gasteiger partial charge is 0.466 e. The van der Waals surface area contributed by atoms with Crippen molar-refractivity contribution in [2.24, 2.45) is 5.92 Å². The van der Waals surface area contributed by atoms with Crippen LogP contribution in [0.1, 0.15) is 31.7 Å². The minimum Gasteiger partial charge on any atom is -0.466 e. The Morgan fingerprint density at radius 3 is 2.71 bits per heavy atom. The van der Waals surface area contributed by atoms with E-state index in [2.05, 4.69) is 5.92 Å². The van der Waals surface area contributed by atoms with E-state index < -0.39 is 31.1 Å². The first-order valence-electron chi connectivity index (χ1n) is 9.28. The summed E-state index contributed by atoms with van der Waals surface area (Å²) < 4.78 is 23.3. The van der Waals surface area contributed by atoms with Gasteiger partial charge in [0.05, 0.1) is 12.5 Å². The van der Waals surface area contributed by atoms with Crippen LogP contribution >= 0.6 is 7.37 Å². The molecule has 1 N–H and O–H groups in total. The van der Waals surface area contributed by atoms with Gasteiger partial charge in [0.1, 0.15) is 12.4 Å². The van der Waals surface area contributed by atoms with Crippen LogP contribution in [0.3, 0.4) is 0 Å². The van der Waals surface area contributed by atoms with Gasteiger partial charge in [-0.3, -0.25) is 14.3 Å². The van der Waals surface area contributed by atoms with Crippen LogP contribution in [0.2, 0.25) is 0 Å². The predicted octanol–water partition coefficient (Wildman–Crippen LogP) is 3.22. The molecule has 3 atom stereocenters. The number of esters is 1. The fraction of sp³-hybridized carbons (Fsp3) is 0.500. The Hall–Kier alpha value is -2.29. The van der Waals surface area contributed by atoms with Gasteiger partial charge in [0.25, 0.3) is 0 Å². The number of rotatable bonds is 8. The zero-order valence-electron chi connectivity index (χ0n) is 16.0. The van der Waals surface area contributed by atoms with Gasteiger partial charge < -0.3 is 14.4 Å². The third-order valence-corrected chi connectivity index (χ3v) is 7.02. The first-order chi connectivity index (χ1) is 13.4. The van der Waals surface area contributed by atoms with Crippen molar-refractivity contribution >= 4 is 19.4 Å². The van der Waals surface area contributed by atoms with Gasteiger partial charge >= 0.3 is 12.1 Å². The maximum atomic E-state index is 13.0. The lowest BCUT2D eigenvalue weighted by Gasteiger charge is -2.29. The Labute approximate surface area is 165 Å². The molecule has 7 nitrogen and oxygen atoms in total. The highest BCUT2D eigenvalue weighted by molar-refractivity contribution is 7.58. The lowest BCUT2D eigenvalue weighted by molar-refractivity contribution is -0.147. The molecule has 1 aliphatic heterocycles. The highest BCUT2D eigenvalue weighted by Crippen LogP contribution is 2.53. The van der Waals surface area contributed by atoms with Crippen LogP contribution in [0.5, 0.6) is 0 Å². The number of likely N-dealkylation sites (tertiary alicyclic amines) is 1. The van der Waals surface area contributed by atoms with Crippen molar-refractivity contribution in [2.75, 3.05) is 19.3 Å². The molecule has 1 aromatic rings. The molecule has 0 bridgehead atoms. The molecule has 0 aromatic heterocycles. The van der Waals surface area contributed by atoms with Crippen molar-refractivity contribution in [1.82, 2.24) is 4.90 Å². The molecule has 2 rings (SSSR count). The van der Waals surface area contributed by atoms with Crippen LogP contribution < -0.4 is 0 Å². The number of benzene rings is 1. The topological polar surface area (TPSA) is 93.1 Å². The average Bonchev–Trinajstić information content (AvgIpc) is 3.18. The maximum absolute atomic E-state index is 13.0. The Balaban J connectivity index is 2.04. The standard InChI is InChI=1S/C20H26NO6P/c1-3-9-17(19(22)26-4-2)15-28(24,25)18-12-8-13-21(18)20(23)27-14-16-10-6-5-7-11-16/h1,5-7,10-11,17-18H,4,8-9,12-15H2,2H3,(H,24,25)/t17-,18+/m1/s1. The van der Waals surface area contributed by atoms with Crippen molar-refractivity contribution in [3.8, 4) is 12.3 Å². The van der Waals surface area contributed by atoms with E-state index >= 15 is 0 Å². The lowest BCUT2D eigenvalue weighted by atomic mass is 10.1. The highest BCUT2D eigenvalue weighted by atomic mass is 31.2. The predicted molar refractivity (Wildman–Crippen MR) is 105 cm³/mol. The molecule has 0 saturated carbocycles. The Morgan fingerprint density at radius 1 is 1.36 bits per heavy atom. The average molecular weight is 407 g/mol. The molecule has 1 amide bonds. The van der Waals surface area contributed by atoms with Gasteiger partial charge in [-0.2, -0.15) is 0 Å². The zero-order chi connectivity index (χ0) is 20.6. The normalized spacial score (nSPS) is 19.3. The number of amides is 1. The highest BCUT2D eigenvalue weighted by Gasteiger charge is 2.44. The molecular formula is C20H26NO6P. The number of nitrogens with zero attached hydrogens (tertiary/aromatic N) is 1. The Morgan fingerprint density at radius 2 is 2.07 bits per heavy atom. The molecule has 1 aromatic carbocycles. The SMILES string of the molecule is C#CC[C@H](CP(=O)(O)[C@H]1CCCN1C(=O)OCc1ccccc1)C(=O)OCC. The smallest absolute Gasteiger partial charge is 0.410 e. The van der Waals surface area contributed by atoms with Crippen molar-refractivity contribution < 1.29 is 28.5 Å². The van der Waals surface area contributed by atoms with Crippen molar-refractivity contribution in [1.29, 1.82) is 0 Å². The van der Waals surface area contributed by atoms with Crippen molar-refractivity contribution in [2.45, 2.75) is 38.6 Å². The fourth-order valence-electron chi connectivity index (χ4n) is 3.25. The van der Waals surface area contributed by atoms with Crippen LogP contribution in [0.25, 0.3) is 0 Å². The van der Waals surface area contributed by atoms with E-state index in [4.69, 9.17) is 15.9 Å². The third-order valence-electron chi connectivity index (χ3n) is 4.59. The van der Waals surface area contributed by atoms with Crippen LogP contribution in [-0.2, 0) is 25.4 Å². The number of hydrogen-bond acceptors (Lipinski definition) is 5. The molecule has 1 fully saturated rings. The molecule has 8 heteroatoms. The fourth-order valence-corrected chi connectivity index (χ4v) is 5.63. The van der Waals surface area contributed by atoms with E-state index in [1.165, 1.54) is 4.90 Å². The summed E-state index contributed by atoms with van der Waals surface area (Å²) in [6.07, 6.45) is 5.32. The van der Waals surface area contributed by atoms with Gasteiger partial charge in [-0.1, -0.05) is 30.3 Å². The van der Waals surface area contributed by atoms with Gasteiger partial charge in [-0.05, 0) is 25.3 Å². The van der Waals surface area contributed by atoms with Crippen molar-refractivity contribution in [3.05, 3.63) is 35.9 Å². The summed E-state index contributed by atoms with van der Waals surface area (Å²) in [4.78, 5) is 36.5.